The minimum atomic E-state index is -0.860. The Labute approximate surface area is 134 Å². The van der Waals surface area contributed by atoms with E-state index in [0.29, 0.717) is 10.6 Å². The summed E-state index contributed by atoms with van der Waals surface area (Å²) in [4.78, 5) is 24.8. The van der Waals surface area contributed by atoms with Crippen molar-refractivity contribution in [1.82, 2.24) is 0 Å². The molecule has 0 N–H and O–H groups in total. The minimum Gasteiger partial charge on any atom is -0.465 e. The topological polar surface area (TPSA) is 43.4 Å². The van der Waals surface area contributed by atoms with Crippen molar-refractivity contribution in [2.45, 2.75) is 13.3 Å². The van der Waals surface area contributed by atoms with E-state index in [-0.39, 0.29) is 18.8 Å². The normalized spacial score (nSPS) is 11.7. The standard InChI is InChI=1S/C18H17ClO3/c1-2-22-18(21)16(12-13-7-6-10-15(19)11-13)17(20)14-8-4-3-5-9-14/h3-11,16H,2,12H2,1H3. The number of benzene rings is 2. The van der Waals surface area contributed by atoms with Crippen LogP contribution in [-0.4, -0.2) is 18.4 Å². The summed E-state index contributed by atoms with van der Waals surface area (Å²) in [7, 11) is 0. The average Bonchev–Trinajstić information content (AvgIpc) is 2.53. The Hall–Kier alpha value is -2.13. The number of Topliss-reactive ketones (excluding diaryl/α,β-unsaturated/α-hetero) is 1. The summed E-state index contributed by atoms with van der Waals surface area (Å²) in [6.07, 6.45) is 0.271. The molecule has 0 bridgehead atoms. The number of rotatable bonds is 6. The highest BCUT2D eigenvalue weighted by molar-refractivity contribution is 6.30. The van der Waals surface area contributed by atoms with Crippen LogP contribution in [0.5, 0.6) is 0 Å². The van der Waals surface area contributed by atoms with Gasteiger partial charge in [-0.05, 0) is 31.0 Å². The largest absolute Gasteiger partial charge is 0.465 e. The lowest BCUT2D eigenvalue weighted by Crippen LogP contribution is -2.28. The molecule has 0 fully saturated rings. The van der Waals surface area contributed by atoms with Crippen molar-refractivity contribution >= 4 is 23.4 Å². The molecule has 3 nitrogen and oxygen atoms in total. The van der Waals surface area contributed by atoms with E-state index in [9.17, 15) is 9.59 Å². The average molecular weight is 317 g/mol. The second-order valence-corrected chi connectivity index (χ2v) is 5.31. The maximum atomic E-state index is 12.6. The molecule has 0 amide bonds. The summed E-state index contributed by atoms with van der Waals surface area (Å²) in [6.45, 7) is 1.97. The Balaban J connectivity index is 2.26. The van der Waals surface area contributed by atoms with Gasteiger partial charge in [0.2, 0.25) is 0 Å². The predicted octanol–water partition coefficient (Wildman–Crippen LogP) is 3.94. The van der Waals surface area contributed by atoms with Crippen LogP contribution in [0.1, 0.15) is 22.8 Å². The van der Waals surface area contributed by atoms with E-state index in [4.69, 9.17) is 16.3 Å². The summed E-state index contributed by atoms with van der Waals surface area (Å²) in [5.41, 5.74) is 1.33. The highest BCUT2D eigenvalue weighted by Gasteiger charge is 2.29. The number of hydrogen-bond acceptors (Lipinski definition) is 3. The zero-order chi connectivity index (χ0) is 15.9. The Morgan fingerprint density at radius 2 is 1.82 bits per heavy atom. The lowest BCUT2D eigenvalue weighted by Gasteiger charge is -2.15. The molecule has 2 aromatic carbocycles. The van der Waals surface area contributed by atoms with Gasteiger partial charge in [-0.3, -0.25) is 9.59 Å². The number of carbonyl (C=O) groups excluding carboxylic acids is 2. The Morgan fingerprint density at radius 1 is 1.09 bits per heavy atom. The second-order valence-electron chi connectivity index (χ2n) is 4.87. The van der Waals surface area contributed by atoms with E-state index in [1.807, 2.05) is 12.1 Å². The highest BCUT2D eigenvalue weighted by Crippen LogP contribution is 2.19. The number of carbonyl (C=O) groups is 2. The van der Waals surface area contributed by atoms with Gasteiger partial charge in [0, 0.05) is 10.6 Å². The van der Waals surface area contributed by atoms with Crippen molar-refractivity contribution in [3.63, 3.8) is 0 Å². The fraction of sp³-hybridized carbons (Fsp3) is 0.222. The van der Waals surface area contributed by atoms with Crippen LogP contribution in [0.25, 0.3) is 0 Å². The molecule has 0 saturated carbocycles. The predicted molar refractivity (Wildman–Crippen MR) is 86.1 cm³/mol. The van der Waals surface area contributed by atoms with Gasteiger partial charge in [-0.2, -0.15) is 0 Å². The van der Waals surface area contributed by atoms with Crippen LogP contribution in [0.2, 0.25) is 5.02 Å². The number of ketones is 1. The Kier molecular flexibility index (Phi) is 5.73. The van der Waals surface area contributed by atoms with Crippen LogP contribution in [0.4, 0.5) is 0 Å². The van der Waals surface area contributed by atoms with Gasteiger partial charge in [0.25, 0.3) is 0 Å². The SMILES string of the molecule is CCOC(=O)C(Cc1cccc(Cl)c1)C(=O)c1ccccc1. The summed E-state index contributed by atoms with van der Waals surface area (Å²) in [5, 5.41) is 0.576. The first-order valence-corrected chi connectivity index (χ1v) is 7.50. The van der Waals surface area contributed by atoms with Crippen LogP contribution in [0, 0.1) is 5.92 Å². The smallest absolute Gasteiger partial charge is 0.317 e. The molecule has 1 atom stereocenters. The van der Waals surface area contributed by atoms with Gasteiger partial charge in [-0.15, -0.1) is 0 Å². The Bertz CT molecular complexity index is 652. The summed E-state index contributed by atoms with van der Waals surface area (Å²) in [5.74, 6) is -1.60. The second kappa shape index (κ2) is 7.76. The molecule has 1 unspecified atom stereocenters. The van der Waals surface area contributed by atoms with Crippen molar-refractivity contribution in [2.75, 3.05) is 6.61 Å². The monoisotopic (exact) mass is 316 g/mol. The maximum absolute atomic E-state index is 12.6. The van der Waals surface area contributed by atoms with Crippen LogP contribution < -0.4 is 0 Å². The van der Waals surface area contributed by atoms with Crippen molar-refractivity contribution in [3.8, 4) is 0 Å². The third kappa shape index (κ3) is 4.18. The third-order valence-corrected chi connectivity index (χ3v) is 3.51. The fourth-order valence-electron chi connectivity index (χ4n) is 2.23. The molecule has 0 heterocycles. The van der Waals surface area contributed by atoms with Crippen molar-refractivity contribution in [1.29, 1.82) is 0 Å². The first-order chi connectivity index (χ1) is 10.6. The highest BCUT2D eigenvalue weighted by atomic mass is 35.5. The van der Waals surface area contributed by atoms with Crippen LogP contribution in [-0.2, 0) is 16.0 Å². The number of esters is 1. The van der Waals surface area contributed by atoms with E-state index >= 15 is 0 Å². The molecule has 0 saturated heterocycles. The zero-order valence-corrected chi connectivity index (χ0v) is 13.0. The molecule has 114 valence electrons. The van der Waals surface area contributed by atoms with Gasteiger partial charge in [0.1, 0.15) is 5.92 Å². The molecular formula is C18H17ClO3. The number of halogens is 1. The molecular weight excluding hydrogens is 300 g/mol. The number of hydrogen-bond donors (Lipinski definition) is 0. The van der Waals surface area contributed by atoms with Crippen LogP contribution in [0.15, 0.2) is 54.6 Å². The Morgan fingerprint density at radius 3 is 2.45 bits per heavy atom. The fourth-order valence-corrected chi connectivity index (χ4v) is 2.44. The third-order valence-electron chi connectivity index (χ3n) is 3.27. The van der Waals surface area contributed by atoms with E-state index in [0.717, 1.165) is 5.56 Å². The van der Waals surface area contributed by atoms with Gasteiger partial charge in [0.15, 0.2) is 5.78 Å². The molecule has 0 radical (unpaired) electrons. The van der Waals surface area contributed by atoms with Crippen LogP contribution in [0.3, 0.4) is 0 Å². The van der Waals surface area contributed by atoms with Crippen LogP contribution >= 0.6 is 11.6 Å². The van der Waals surface area contributed by atoms with E-state index in [1.54, 1.807) is 49.4 Å². The molecule has 0 aliphatic rings. The van der Waals surface area contributed by atoms with E-state index in [2.05, 4.69) is 0 Å². The zero-order valence-electron chi connectivity index (χ0n) is 12.3. The van der Waals surface area contributed by atoms with Gasteiger partial charge < -0.3 is 4.74 Å². The van der Waals surface area contributed by atoms with Gasteiger partial charge in [-0.1, -0.05) is 54.1 Å². The van der Waals surface area contributed by atoms with Crippen molar-refractivity contribution in [2.24, 2.45) is 5.92 Å². The molecule has 4 heteroatoms. The van der Waals surface area contributed by atoms with Gasteiger partial charge in [0.05, 0.1) is 6.61 Å². The molecule has 2 rings (SSSR count). The molecule has 0 aliphatic heterocycles. The quantitative estimate of drug-likeness (QED) is 0.460. The van der Waals surface area contributed by atoms with Crippen molar-refractivity contribution in [3.05, 3.63) is 70.7 Å². The van der Waals surface area contributed by atoms with Gasteiger partial charge >= 0.3 is 5.97 Å². The summed E-state index contributed by atoms with van der Waals surface area (Å²) < 4.78 is 5.06. The molecule has 0 spiro atoms. The van der Waals surface area contributed by atoms with Gasteiger partial charge in [-0.25, -0.2) is 0 Å². The molecule has 0 aromatic heterocycles. The lowest BCUT2D eigenvalue weighted by molar-refractivity contribution is -0.146. The summed E-state index contributed by atoms with van der Waals surface area (Å²) >= 11 is 5.96. The number of ether oxygens (including phenoxy) is 1. The van der Waals surface area contributed by atoms with E-state index in [1.165, 1.54) is 0 Å². The van der Waals surface area contributed by atoms with E-state index < -0.39 is 11.9 Å². The summed E-state index contributed by atoms with van der Waals surface area (Å²) in [6, 6.07) is 15.9. The lowest BCUT2D eigenvalue weighted by atomic mass is 9.91. The minimum absolute atomic E-state index is 0.237. The first kappa shape index (κ1) is 16.2. The first-order valence-electron chi connectivity index (χ1n) is 7.12. The molecule has 22 heavy (non-hydrogen) atoms. The van der Waals surface area contributed by atoms with Crippen molar-refractivity contribution < 1.29 is 14.3 Å². The molecule has 0 aliphatic carbocycles. The molecule has 2 aromatic rings. The maximum Gasteiger partial charge on any atom is 0.317 e.